The molecule has 0 unspecified atom stereocenters. The van der Waals surface area contributed by atoms with E-state index in [0.717, 1.165) is 6.42 Å². The van der Waals surface area contributed by atoms with Crippen LogP contribution in [-0.2, 0) is 0 Å². The number of hydrogen-bond acceptors (Lipinski definition) is 3. The third kappa shape index (κ3) is 0.968. The van der Waals surface area contributed by atoms with Crippen molar-refractivity contribution in [3.05, 3.63) is 18.3 Å². The molecule has 0 fully saturated rings. The Hall–Kier alpha value is -0.700. The maximum Gasteiger partial charge on any atom is 0.0511 e. The summed E-state index contributed by atoms with van der Waals surface area (Å²) in [6.07, 6.45) is 0.833. The van der Waals surface area contributed by atoms with Crippen molar-refractivity contribution in [2.75, 3.05) is 14.1 Å². The van der Waals surface area contributed by atoms with E-state index in [4.69, 9.17) is 0 Å². The predicted molar refractivity (Wildman–Crippen MR) is 41.3 cm³/mol. The van der Waals surface area contributed by atoms with Crippen LogP contribution >= 0.6 is 0 Å². The van der Waals surface area contributed by atoms with E-state index in [1.54, 1.807) is 0 Å². The van der Waals surface area contributed by atoms with Crippen LogP contribution in [-0.4, -0.2) is 24.1 Å². The van der Waals surface area contributed by atoms with Gasteiger partial charge in [0.25, 0.3) is 0 Å². The molecule has 0 aromatic rings. The lowest BCUT2D eigenvalue weighted by atomic mass is 10.3. The van der Waals surface area contributed by atoms with E-state index in [1.807, 2.05) is 24.1 Å². The molecule has 1 radical (unpaired) electrons. The van der Waals surface area contributed by atoms with Gasteiger partial charge < -0.3 is 0 Å². The molecule has 0 aromatic carbocycles. The van der Waals surface area contributed by atoms with Crippen molar-refractivity contribution in [3.63, 3.8) is 0 Å². The lowest BCUT2D eigenvalue weighted by Gasteiger charge is -2.16. The first-order chi connectivity index (χ1) is 4.66. The highest BCUT2D eigenvalue weighted by Gasteiger charge is 2.17. The summed E-state index contributed by atoms with van der Waals surface area (Å²) >= 11 is 0. The van der Waals surface area contributed by atoms with E-state index >= 15 is 0 Å². The van der Waals surface area contributed by atoms with E-state index in [2.05, 4.69) is 19.4 Å². The van der Waals surface area contributed by atoms with E-state index in [0.29, 0.717) is 0 Å². The quantitative estimate of drug-likeness (QED) is 0.579. The SMILES string of the molecule is [CH2]CC1=C(C)N(C)NN1C. The zero-order chi connectivity index (χ0) is 7.72. The molecule has 1 rings (SSSR count). The number of allylic oxidation sites excluding steroid dienone is 2. The largest absolute Gasteiger partial charge is 0.296 e. The van der Waals surface area contributed by atoms with Crippen LogP contribution in [0.4, 0.5) is 0 Å². The van der Waals surface area contributed by atoms with Gasteiger partial charge in [0.05, 0.1) is 5.70 Å². The second-order valence-corrected chi connectivity index (χ2v) is 2.50. The van der Waals surface area contributed by atoms with E-state index < -0.39 is 0 Å². The minimum atomic E-state index is 0.833. The Morgan fingerprint density at radius 2 is 2.00 bits per heavy atom. The fraction of sp³-hybridized carbons (Fsp3) is 0.571. The van der Waals surface area contributed by atoms with Gasteiger partial charge in [-0.05, 0) is 20.3 Å². The third-order valence-corrected chi connectivity index (χ3v) is 1.86. The molecule has 0 amide bonds. The molecule has 1 aliphatic heterocycles. The first-order valence-electron chi connectivity index (χ1n) is 3.39. The lowest BCUT2D eigenvalue weighted by Crippen LogP contribution is -2.36. The Morgan fingerprint density at radius 1 is 1.40 bits per heavy atom. The number of nitrogens with one attached hydrogen (secondary N) is 1. The van der Waals surface area contributed by atoms with Gasteiger partial charge >= 0.3 is 0 Å². The van der Waals surface area contributed by atoms with Crippen molar-refractivity contribution in [2.45, 2.75) is 13.3 Å². The Bertz CT molecular complexity index is 162. The average molecular weight is 140 g/mol. The predicted octanol–water partition coefficient (Wildman–Crippen LogP) is 0.739. The van der Waals surface area contributed by atoms with Gasteiger partial charge in [-0.3, -0.25) is 10.0 Å². The topological polar surface area (TPSA) is 18.5 Å². The molecule has 10 heavy (non-hydrogen) atoms. The molecule has 0 bridgehead atoms. The molecule has 0 spiro atoms. The van der Waals surface area contributed by atoms with Gasteiger partial charge in [0.2, 0.25) is 0 Å². The molecule has 3 nitrogen and oxygen atoms in total. The zero-order valence-corrected chi connectivity index (χ0v) is 6.81. The Kier molecular flexibility index (Phi) is 1.85. The Morgan fingerprint density at radius 3 is 2.20 bits per heavy atom. The lowest BCUT2D eigenvalue weighted by molar-refractivity contribution is 0.173. The number of hydrazine groups is 2. The molecule has 0 aromatic heterocycles. The Labute approximate surface area is 62.2 Å². The van der Waals surface area contributed by atoms with Crippen LogP contribution < -0.4 is 5.53 Å². The molecular formula is C7H14N3. The van der Waals surface area contributed by atoms with Gasteiger partial charge in [0.1, 0.15) is 0 Å². The summed E-state index contributed by atoms with van der Waals surface area (Å²) in [6.45, 7) is 5.92. The summed E-state index contributed by atoms with van der Waals surface area (Å²) in [4.78, 5) is 0. The first-order valence-corrected chi connectivity index (χ1v) is 3.39. The number of hydrogen-bond donors (Lipinski definition) is 1. The number of rotatable bonds is 1. The summed E-state index contributed by atoms with van der Waals surface area (Å²) in [6, 6.07) is 0. The van der Waals surface area contributed by atoms with Crippen molar-refractivity contribution in [3.8, 4) is 0 Å². The highest BCUT2D eigenvalue weighted by Crippen LogP contribution is 2.17. The summed E-state index contributed by atoms with van der Waals surface area (Å²) in [5.41, 5.74) is 5.62. The Balaban J connectivity index is 2.79. The molecule has 0 atom stereocenters. The molecule has 1 aliphatic rings. The number of nitrogens with zero attached hydrogens (tertiary/aromatic N) is 2. The molecule has 0 saturated carbocycles. The summed E-state index contributed by atoms with van der Waals surface area (Å²) in [5.74, 6) is 0. The third-order valence-electron chi connectivity index (χ3n) is 1.86. The van der Waals surface area contributed by atoms with Gasteiger partial charge in [0, 0.05) is 19.8 Å². The van der Waals surface area contributed by atoms with Crippen LogP contribution in [0.15, 0.2) is 11.4 Å². The van der Waals surface area contributed by atoms with Crippen LogP contribution in [0.3, 0.4) is 0 Å². The normalized spacial score (nSPS) is 19.2. The van der Waals surface area contributed by atoms with Crippen molar-refractivity contribution in [1.29, 1.82) is 0 Å². The molecule has 0 aliphatic carbocycles. The van der Waals surface area contributed by atoms with E-state index in [1.165, 1.54) is 11.4 Å². The molecule has 1 heterocycles. The molecule has 1 N–H and O–H groups in total. The maximum absolute atomic E-state index is 3.84. The van der Waals surface area contributed by atoms with E-state index in [9.17, 15) is 0 Å². The van der Waals surface area contributed by atoms with Crippen LogP contribution in [0, 0.1) is 6.92 Å². The van der Waals surface area contributed by atoms with Crippen LogP contribution in [0.2, 0.25) is 0 Å². The minimum Gasteiger partial charge on any atom is -0.296 e. The van der Waals surface area contributed by atoms with Crippen LogP contribution in [0.25, 0.3) is 0 Å². The van der Waals surface area contributed by atoms with Crippen molar-refractivity contribution >= 4 is 0 Å². The molecule has 0 saturated heterocycles. The van der Waals surface area contributed by atoms with Crippen molar-refractivity contribution < 1.29 is 0 Å². The van der Waals surface area contributed by atoms with Crippen LogP contribution in [0.1, 0.15) is 13.3 Å². The van der Waals surface area contributed by atoms with Crippen molar-refractivity contribution in [1.82, 2.24) is 15.6 Å². The van der Waals surface area contributed by atoms with Crippen LogP contribution in [0.5, 0.6) is 0 Å². The van der Waals surface area contributed by atoms with E-state index in [-0.39, 0.29) is 0 Å². The molecule has 3 heteroatoms. The average Bonchev–Trinajstić information content (AvgIpc) is 2.09. The standard InChI is InChI=1S/C7H14N3/c1-5-7-6(2)9(3)8-10(7)4/h8H,1,5H2,2-4H3. The van der Waals surface area contributed by atoms with Gasteiger partial charge in [0.15, 0.2) is 0 Å². The highest BCUT2D eigenvalue weighted by atomic mass is 15.8. The van der Waals surface area contributed by atoms with Gasteiger partial charge in [-0.25, -0.2) is 0 Å². The summed E-state index contributed by atoms with van der Waals surface area (Å²) in [7, 11) is 3.99. The molecular weight excluding hydrogens is 126 g/mol. The zero-order valence-electron chi connectivity index (χ0n) is 6.81. The minimum absolute atomic E-state index is 0.833. The second kappa shape index (κ2) is 2.50. The molecule has 57 valence electrons. The monoisotopic (exact) mass is 140 g/mol. The second-order valence-electron chi connectivity index (χ2n) is 2.50. The smallest absolute Gasteiger partial charge is 0.0511 e. The summed E-state index contributed by atoms with van der Waals surface area (Å²) < 4.78 is 0. The summed E-state index contributed by atoms with van der Waals surface area (Å²) in [5, 5.41) is 3.98. The maximum atomic E-state index is 3.84. The van der Waals surface area contributed by atoms with Gasteiger partial charge in [-0.2, -0.15) is 0 Å². The highest BCUT2D eigenvalue weighted by molar-refractivity contribution is 5.12. The fourth-order valence-corrected chi connectivity index (χ4v) is 1.15. The first kappa shape index (κ1) is 7.41. The van der Waals surface area contributed by atoms with Gasteiger partial charge in [-0.15, -0.1) is 5.53 Å². The van der Waals surface area contributed by atoms with Crippen molar-refractivity contribution in [2.24, 2.45) is 0 Å². The fourth-order valence-electron chi connectivity index (χ4n) is 1.15. The van der Waals surface area contributed by atoms with Gasteiger partial charge in [-0.1, -0.05) is 0 Å².